The Balaban J connectivity index is 2.53. The summed E-state index contributed by atoms with van der Waals surface area (Å²) in [7, 11) is 0. The Morgan fingerprint density at radius 3 is 2.69 bits per heavy atom. The molecular formula is C14H13NO. The second kappa shape index (κ2) is 4.27. The Kier molecular flexibility index (Phi) is 2.82. The highest BCUT2D eigenvalue weighted by molar-refractivity contribution is 5.95. The average molecular weight is 211 g/mol. The Bertz CT molecular complexity index is 532. The molecule has 0 saturated carbocycles. The van der Waals surface area contributed by atoms with E-state index in [1.165, 1.54) is 0 Å². The summed E-state index contributed by atoms with van der Waals surface area (Å²) in [5, 5.41) is 0. The van der Waals surface area contributed by atoms with Gasteiger partial charge in [-0.05, 0) is 31.5 Å². The van der Waals surface area contributed by atoms with Crippen molar-refractivity contribution >= 4 is 5.78 Å². The number of ketones is 1. The van der Waals surface area contributed by atoms with Gasteiger partial charge in [0, 0.05) is 23.0 Å². The normalized spacial score (nSPS) is 10.1. The summed E-state index contributed by atoms with van der Waals surface area (Å²) >= 11 is 0. The zero-order valence-corrected chi connectivity index (χ0v) is 9.40. The van der Waals surface area contributed by atoms with Crippen LogP contribution in [0.2, 0.25) is 0 Å². The maximum absolute atomic E-state index is 11.3. The maximum atomic E-state index is 11.3. The molecule has 1 aromatic heterocycles. The van der Waals surface area contributed by atoms with Gasteiger partial charge in [0.05, 0.1) is 0 Å². The average Bonchev–Trinajstić information content (AvgIpc) is 2.30. The third-order valence-electron chi connectivity index (χ3n) is 2.59. The van der Waals surface area contributed by atoms with Gasteiger partial charge in [0.25, 0.3) is 0 Å². The molecule has 0 bridgehead atoms. The molecule has 2 heteroatoms. The molecule has 0 spiro atoms. The Morgan fingerprint density at radius 2 is 2.00 bits per heavy atom. The number of nitrogens with zero attached hydrogens (tertiary/aromatic N) is 1. The predicted molar refractivity (Wildman–Crippen MR) is 64.4 cm³/mol. The first-order valence-electron chi connectivity index (χ1n) is 5.21. The lowest BCUT2D eigenvalue weighted by Gasteiger charge is -2.05. The molecule has 0 atom stereocenters. The lowest BCUT2D eigenvalue weighted by atomic mass is 10.0. The molecule has 0 amide bonds. The molecule has 16 heavy (non-hydrogen) atoms. The van der Waals surface area contributed by atoms with E-state index in [0.29, 0.717) is 0 Å². The standard InChI is InChI=1S/C14H13NO/c1-10-14(7-4-8-15-10)13-6-3-5-12(9-13)11(2)16/h3-9H,1-2H3. The van der Waals surface area contributed by atoms with Crippen molar-refractivity contribution in [3.8, 4) is 11.1 Å². The van der Waals surface area contributed by atoms with Crippen LogP contribution in [0.4, 0.5) is 0 Å². The van der Waals surface area contributed by atoms with E-state index in [1.54, 1.807) is 13.1 Å². The SMILES string of the molecule is CC(=O)c1cccc(-c2cccnc2C)c1. The lowest BCUT2D eigenvalue weighted by Crippen LogP contribution is -1.93. The molecule has 0 N–H and O–H groups in total. The van der Waals surface area contributed by atoms with E-state index in [9.17, 15) is 4.79 Å². The summed E-state index contributed by atoms with van der Waals surface area (Å²) in [6.45, 7) is 3.55. The molecule has 1 heterocycles. The van der Waals surface area contributed by atoms with Crippen LogP contribution in [0.15, 0.2) is 42.6 Å². The summed E-state index contributed by atoms with van der Waals surface area (Å²) in [4.78, 5) is 15.5. The third-order valence-corrected chi connectivity index (χ3v) is 2.59. The molecule has 0 saturated heterocycles. The number of hydrogen-bond donors (Lipinski definition) is 0. The molecule has 0 unspecified atom stereocenters. The largest absolute Gasteiger partial charge is 0.295 e. The second-order valence-corrected chi connectivity index (χ2v) is 3.77. The molecule has 2 nitrogen and oxygen atoms in total. The van der Waals surface area contributed by atoms with Crippen molar-refractivity contribution in [2.75, 3.05) is 0 Å². The minimum atomic E-state index is 0.0865. The van der Waals surface area contributed by atoms with Gasteiger partial charge in [-0.25, -0.2) is 0 Å². The first-order valence-corrected chi connectivity index (χ1v) is 5.21. The molecule has 0 radical (unpaired) electrons. The highest BCUT2D eigenvalue weighted by Crippen LogP contribution is 2.22. The number of aromatic nitrogens is 1. The highest BCUT2D eigenvalue weighted by atomic mass is 16.1. The van der Waals surface area contributed by atoms with Crippen LogP contribution in [-0.2, 0) is 0 Å². The summed E-state index contributed by atoms with van der Waals surface area (Å²) in [5.41, 5.74) is 3.83. The first-order chi connectivity index (χ1) is 7.68. The van der Waals surface area contributed by atoms with E-state index >= 15 is 0 Å². The van der Waals surface area contributed by atoms with Crippen molar-refractivity contribution in [1.29, 1.82) is 0 Å². The molecule has 1 aromatic carbocycles. The van der Waals surface area contributed by atoms with Crippen LogP contribution in [0.1, 0.15) is 23.0 Å². The number of rotatable bonds is 2. The van der Waals surface area contributed by atoms with Gasteiger partial charge in [-0.15, -0.1) is 0 Å². The van der Waals surface area contributed by atoms with Gasteiger partial charge in [0.1, 0.15) is 0 Å². The molecular weight excluding hydrogens is 198 g/mol. The van der Waals surface area contributed by atoms with Gasteiger partial charge in [0.15, 0.2) is 5.78 Å². The summed E-state index contributed by atoms with van der Waals surface area (Å²) in [6, 6.07) is 11.6. The first kappa shape index (κ1) is 10.6. The minimum Gasteiger partial charge on any atom is -0.295 e. The minimum absolute atomic E-state index is 0.0865. The maximum Gasteiger partial charge on any atom is 0.159 e. The van der Waals surface area contributed by atoms with Crippen molar-refractivity contribution in [1.82, 2.24) is 4.98 Å². The van der Waals surface area contributed by atoms with Gasteiger partial charge in [-0.3, -0.25) is 9.78 Å². The zero-order valence-electron chi connectivity index (χ0n) is 9.40. The molecule has 0 aliphatic rings. The number of benzene rings is 1. The van der Waals surface area contributed by atoms with E-state index < -0.39 is 0 Å². The lowest BCUT2D eigenvalue weighted by molar-refractivity contribution is 0.101. The number of carbonyl (C=O) groups excluding carboxylic acids is 1. The van der Waals surface area contributed by atoms with Crippen molar-refractivity contribution in [3.05, 3.63) is 53.9 Å². The van der Waals surface area contributed by atoms with Crippen LogP contribution < -0.4 is 0 Å². The molecule has 80 valence electrons. The number of pyridine rings is 1. The van der Waals surface area contributed by atoms with Crippen molar-refractivity contribution < 1.29 is 4.79 Å². The second-order valence-electron chi connectivity index (χ2n) is 3.77. The topological polar surface area (TPSA) is 30.0 Å². The van der Waals surface area contributed by atoms with Crippen molar-refractivity contribution in [2.45, 2.75) is 13.8 Å². The van der Waals surface area contributed by atoms with Gasteiger partial charge in [-0.1, -0.05) is 24.3 Å². The van der Waals surface area contributed by atoms with Gasteiger partial charge < -0.3 is 0 Å². The summed E-state index contributed by atoms with van der Waals surface area (Å²) in [5.74, 6) is 0.0865. The van der Waals surface area contributed by atoms with Crippen LogP contribution in [-0.4, -0.2) is 10.8 Å². The quantitative estimate of drug-likeness (QED) is 0.714. The Morgan fingerprint density at radius 1 is 1.19 bits per heavy atom. The Hall–Kier alpha value is -1.96. The molecule has 0 aliphatic heterocycles. The van der Waals surface area contributed by atoms with Crippen molar-refractivity contribution in [3.63, 3.8) is 0 Å². The van der Waals surface area contributed by atoms with Gasteiger partial charge >= 0.3 is 0 Å². The van der Waals surface area contributed by atoms with E-state index in [-0.39, 0.29) is 5.78 Å². The molecule has 2 aromatic rings. The number of aryl methyl sites for hydroxylation is 1. The van der Waals surface area contributed by atoms with Crippen molar-refractivity contribution in [2.24, 2.45) is 0 Å². The smallest absolute Gasteiger partial charge is 0.159 e. The van der Waals surface area contributed by atoms with E-state index in [4.69, 9.17) is 0 Å². The van der Waals surface area contributed by atoms with Crippen LogP contribution in [0, 0.1) is 6.92 Å². The fourth-order valence-electron chi connectivity index (χ4n) is 1.70. The number of carbonyl (C=O) groups is 1. The van der Waals surface area contributed by atoms with Crippen LogP contribution in [0.25, 0.3) is 11.1 Å². The third kappa shape index (κ3) is 2.01. The number of hydrogen-bond acceptors (Lipinski definition) is 2. The fourth-order valence-corrected chi connectivity index (χ4v) is 1.70. The van der Waals surface area contributed by atoms with Crippen LogP contribution in [0.5, 0.6) is 0 Å². The predicted octanol–water partition coefficient (Wildman–Crippen LogP) is 3.26. The monoisotopic (exact) mass is 211 g/mol. The molecule has 2 rings (SSSR count). The molecule has 0 fully saturated rings. The van der Waals surface area contributed by atoms with Crippen LogP contribution >= 0.6 is 0 Å². The Labute approximate surface area is 95.0 Å². The van der Waals surface area contributed by atoms with E-state index in [2.05, 4.69) is 4.98 Å². The highest BCUT2D eigenvalue weighted by Gasteiger charge is 2.04. The van der Waals surface area contributed by atoms with Crippen LogP contribution in [0.3, 0.4) is 0 Å². The van der Waals surface area contributed by atoms with Gasteiger partial charge in [0.2, 0.25) is 0 Å². The number of Topliss-reactive ketones (excluding diaryl/α,β-unsaturated/α-hetero) is 1. The summed E-state index contributed by atoms with van der Waals surface area (Å²) in [6.07, 6.45) is 1.77. The zero-order chi connectivity index (χ0) is 11.5. The fraction of sp³-hybridized carbons (Fsp3) is 0.143. The van der Waals surface area contributed by atoms with E-state index in [0.717, 1.165) is 22.4 Å². The summed E-state index contributed by atoms with van der Waals surface area (Å²) < 4.78 is 0. The van der Waals surface area contributed by atoms with Gasteiger partial charge in [-0.2, -0.15) is 0 Å². The van der Waals surface area contributed by atoms with E-state index in [1.807, 2.05) is 43.3 Å². The molecule has 0 aliphatic carbocycles.